The lowest BCUT2D eigenvalue weighted by molar-refractivity contribution is -0.128. The van der Waals surface area contributed by atoms with Crippen LogP contribution in [0.3, 0.4) is 0 Å². The number of carbonyl (C=O) groups excluding carboxylic acids is 1. The van der Waals surface area contributed by atoms with Crippen molar-refractivity contribution >= 4 is 29.2 Å². The number of amides is 1. The largest absolute Gasteiger partial charge is 0.404 e. The van der Waals surface area contributed by atoms with E-state index in [-0.39, 0.29) is 17.3 Å². The van der Waals surface area contributed by atoms with Crippen molar-refractivity contribution in [2.24, 2.45) is 10.7 Å². The summed E-state index contributed by atoms with van der Waals surface area (Å²) in [4.78, 5) is 19.4. The summed E-state index contributed by atoms with van der Waals surface area (Å²) in [6, 6.07) is 3.23. The van der Waals surface area contributed by atoms with Crippen LogP contribution in [0.5, 0.6) is 0 Å². The summed E-state index contributed by atoms with van der Waals surface area (Å²) in [5.41, 5.74) is 9.52. The average Bonchev–Trinajstić information content (AvgIpc) is 2.81. The number of rotatable bonds is 6. The highest BCUT2D eigenvalue weighted by atomic mass is 19.3. The molecule has 0 saturated heterocycles. The van der Waals surface area contributed by atoms with E-state index in [1.807, 2.05) is 6.92 Å². The van der Waals surface area contributed by atoms with Gasteiger partial charge in [-0.05, 0) is 43.0 Å². The molecule has 0 atom stereocenters. The second-order valence-corrected chi connectivity index (χ2v) is 8.16. The number of nitrogens with two attached hydrogens (primary N) is 1. The van der Waals surface area contributed by atoms with E-state index in [1.54, 1.807) is 22.9 Å². The Morgan fingerprint density at radius 2 is 2.09 bits per heavy atom. The van der Waals surface area contributed by atoms with Crippen molar-refractivity contribution in [3.05, 3.63) is 46.3 Å². The zero-order chi connectivity index (χ0) is 24.1. The second kappa shape index (κ2) is 10.6. The van der Waals surface area contributed by atoms with Crippen molar-refractivity contribution in [2.75, 3.05) is 38.1 Å². The lowest BCUT2D eigenvalue weighted by Crippen LogP contribution is -2.45. The van der Waals surface area contributed by atoms with Crippen LogP contribution in [0.25, 0.3) is 5.57 Å². The van der Waals surface area contributed by atoms with Gasteiger partial charge in [-0.25, -0.2) is 8.78 Å². The van der Waals surface area contributed by atoms with Crippen LogP contribution in [0.2, 0.25) is 0 Å². The number of nitrogens with zero attached hydrogens (tertiary/aromatic N) is 3. The molecule has 1 aromatic rings. The molecule has 7 nitrogen and oxygen atoms in total. The predicted octanol–water partition coefficient (Wildman–Crippen LogP) is 3.47. The number of anilines is 1. The molecule has 2 aliphatic heterocycles. The third-order valence-corrected chi connectivity index (χ3v) is 6.10. The SMILES string of the molecule is CCNC1=C(C(=N)N2CCCc3cc(/C(C=NC)=C/N)c(C(F)F)cc32)CN(C(C)=O)CC1. The van der Waals surface area contributed by atoms with Crippen LogP contribution in [0.4, 0.5) is 14.5 Å². The van der Waals surface area contributed by atoms with Gasteiger partial charge in [0.2, 0.25) is 5.91 Å². The van der Waals surface area contributed by atoms with Gasteiger partial charge in [0.15, 0.2) is 0 Å². The van der Waals surface area contributed by atoms with Crippen molar-refractivity contribution in [3.8, 4) is 0 Å². The van der Waals surface area contributed by atoms with Gasteiger partial charge in [-0.3, -0.25) is 15.2 Å². The highest BCUT2D eigenvalue weighted by Gasteiger charge is 2.30. The van der Waals surface area contributed by atoms with Gasteiger partial charge in [0, 0.05) is 80.5 Å². The van der Waals surface area contributed by atoms with Gasteiger partial charge < -0.3 is 20.9 Å². The molecule has 0 fully saturated rings. The molecular weight excluding hydrogens is 426 g/mol. The molecule has 1 amide bonds. The highest BCUT2D eigenvalue weighted by Crippen LogP contribution is 2.37. The summed E-state index contributed by atoms with van der Waals surface area (Å²) >= 11 is 0. The minimum Gasteiger partial charge on any atom is -0.404 e. The fourth-order valence-electron chi connectivity index (χ4n) is 4.47. The Morgan fingerprint density at radius 3 is 2.70 bits per heavy atom. The fraction of sp³-hybridized carbons (Fsp3) is 0.458. The number of alkyl halides is 2. The molecule has 4 N–H and O–H groups in total. The third-order valence-electron chi connectivity index (χ3n) is 6.10. The summed E-state index contributed by atoms with van der Waals surface area (Å²) < 4.78 is 28.1. The molecule has 0 aliphatic carbocycles. The number of nitrogens with one attached hydrogen (secondary N) is 2. The van der Waals surface area contributed by atoms with Crippen LogP contribution in [0.1, 0.15) is 49.8 Å². The molecule has 0 bridgehead atoms. The second-order valence-electron chi connectivity index (χ2n) is 8.16. The number of fused-ring (bicyclic) bond motifs is 1. The van der Waals surface area contributed by atoms with Gasteiger partial charge in [-0.15, -0.1) is 0 Å². The maximum Gasteiger partial charge on any atom is 0.264 e. The monoisotopic (exact) mass is 458 g/mol. The van der Waals surface area contributed by atoms with Crippen molar-refractivity contribution in [2.45, 2.75) is 39.5 Å². The van der Waals surface area contributed by atoms with Crippen LogP contribution >= 0.6 is 0 Å². The van der Waals surface area contributed by atoms with E-state index in [0.717, 1.165) is 29.7 Å². The first-order valence-corrected chi connectivity index (χ1v) is 11.2. The normalized spacial score (nSPS) is 17.1. The van der Waals surface area contributed by atoms with Crippen LogP contribution in [-0.4, -0.2) is 56.1 Å². The number of hydrogen-bond acceptors (Lipinski definition) is 5. The number of aliphatic imine (C=N–C) groups is 1. The number of carbonyl (C=O) groups is 1. The Balaban J connectivity index is 2.08. The van der Waals surface area contributed by atoms with E-state index in [0.29, 0.717) is 49.4 Å². The van der Waals surface area contributed by atoms with Gasteiger partial charge in [-0.2, -0.15) is 0 Å². The van der Waals surface area contributed by atoms with Crippen molar-refractivity contribution in [1.82, 2.24) is 10.2 Å². The smallest absolute Gasteiger partial charge is 0.264 e. The van der Waals surface area contributed by atoms with Gasteiger partial charge in [0.05, 0.1) is 6.54 Å². The molecule has 9 heteroatoms. The van der Waals surface area contributed by atoms with Crippen LogP contribution < -0.4 is 16.0 Å². The topological polar surface area (TPSA) is 97.8 Å². The molecule has 0 spiro atoms. The van der Waals surface area contributed by atoms with E-state index >= 15 is 0 Å². The van der Waals surface area contributed by atoms with E-state index < -0.39 is 6.43 Å². The Hall–Kier alpha value is -3.23. The zero-order valence-electron chi connectivity index (χ0n) is 19.4. The molecule has 0 radical (unpaired) electrons. The number of halogens is 2. The van der Waals surface area contributed by atoms with Crippen molar-refractivity contribution < 1.29 is 13.6 Å². The quantitative estimate of drug-likeness (QED) is 0.449. The molecule has 0 saturated carbocycles. The first kappa shape index (κ1) is 24.4. The molecule has 1 aromatic carbocycles. The zero-order valence-corrected chi connectivity index (χ0v) is 19.4. The number of hydrogen-bond donors (Lipinski definition) is 3. The third kappa shape index (κ3) is 5.07. The van der Waals surface area contributed by atoms with E-state index in [1.165, 1.54) is 25.4 Å². The number of amidine groups is 1. The molecule has 2 aliphatic rings. The summed E-state index contributed by atoms with van der Waals surface area (Å²) in [5, 5.41) is 12.3. The molecular formula is C24H32F2N6O. The standard InChI is InChI=1S/C24H32F2N6O/c1-4-30-21-7-9-31(15(2)33)14-20(21)24(28)32-8-5-6-16-10-18(17(12-27)13-29-3)19(23(25)26)11-22(16)32/h10-13,23,28,30H,4-9,14,27H2,1-3H3/b17-12+,28-24?,29-13?. The first-order chi connectivity index (χ1) is 15.8. The Kier molecular flexibility index (Phi) is 7.84. The molecule has 3 rings (SSSR count). The van der Waals surface area contributed by atoms with Crippen LogP contribution in [-0.2, 0) is 11.2 Å². The summed E-state index contributed by atoms with van der Waals surface area (Å²) in [7, 11) is 1.57. The first-order valence-electron chi connectivity index (χ1n) is 11.2. The van der Waals surface area contributed by atoms with Crippen LogP contribution in [0, 0.1) is 5.41 Å². The molecule has 2 heterocycles. The molecule has 0 aromatic heterocycles. The average molecular weight is 459 g/mol. The fourth-order valence-corrected chi connectivity index (χ4v) is 4.47. The summed E-state index contributed by atoms with van der Waals surface area (Å²) in [5.74, 6) is 0.203. The minimum absolute atomic E-state index is 0.0433. The van der Waals surface area contributed by atoms with Gasteiger partial charge in [-0.1, -0.05) is 0 Å². The van der Waals surface area contributed by atoms with Crippen molar-refractivity contribution in [1.29, 1.82) is 5.41 Å². The maximum absolute atomic E-state index is 14.1. The molecule has 33 heavy (non-hydrogen) atoms. The lowest BCUT2D eigenvalue weighted by Gasteiger charge is -2.37. The molecule has 178 valence electrons. The van der Waals surface area contributed by atoms with E-state index in [4.69, 9.17) is 11.1 Å². The summed E-state index contributed by atoms with van der Waals surface area (Å²) in [6.45, 7) is 5.68. The number of aryl methyl sites for hydroxylation is 1. The maximum atomic E-state index is 14.1. The number of benzene rings is 1. The highest BCUT2D eigenvalue weighted by molar-refractivity contribution is 6.12. The van der Waals surface area contributed by atoms with Gasteiger partial charge >= 0.3 is 0 Å². The van der Waals surface area contributed by atoms with Gasteiger partial charge in [0.25, 0.3) is 6.43 Å². The summed E-state index contributed by atoms with van der Waals surface area (Å²) in [6.07, 6.45) is 2.19. The van der Waals surface area contributed by atoms with E-state index in [9.17, 15) is 13.6 Å². The predicted molar refractivity (Wildman–Crippen MR) is 129 cm³/mol. The van der Waals surface area contributed by atoms with Crippen molar-refractivity contribution in [3.63, 3.8) is 0 Å². The Bertz CT molecular complexity index is 1010. The number of allylic oxidation sites excluding steroid dienone is 1. The Labute approximate surface area is 193 Å². The van der Waals surface area contributed by atoms with Gasteiger partial charge in [0.1, 0.15) is 5.84 Å². The minimum atomic E-state index is -2.71. The van der Waals surface area contributed by atoms with E-state index in [2.05, 4.69) is 10.3 Å². The lowest BCUT2D eigenvalue weighted by atomic mass is 9.91. The Morgan fingerprint density at radius 1 is 1.33 bits per heavy atom. The van der Waals surface area contributed by atoms with Crippen LogP contribution in [0.15, 0.2) is 34.6 Å². The molecule has 0 unspecified atom stereocenters.